The SMILES string of the molecule is CCON=Cc1ccc(OCCC2CCN(c3ccc(C)nn3)CC2)cc1C. The van der Waals surface area contributed by atoms with Gasteiger partial charge in [0.25, 0.3) is 0 Å². The van der Waals surface area contributed by atoms with Gasteiger partial charge in [-0.05, 0) is 87.4 Å². The molecule has 0 radical (unpaired) electrons. The molecule has 28 heavy (non-hydrogen) atoms. The molecule has 0 saturated carbocycles. The van der Waals surface area contributed by atoms with Crippen molar-refractivity contribution in [2.45, 2.75) is 40.0 Å². The summed E-state index contributed by atoms with van der Waals surface area (Å²) in [5.74, 6) is 2.61. The lowest BCUT2D eigenvalue weighted by Crippen LogP contribution is -2.34. The molecule has 1 aliphatic heterocycles. The number of anilines is 1. The molecule has 0 aliphatic carbocycles. The summed E-state index contributed by atoms with van der Waals surface area (Å²) in [6.45, 7) is 9.34. The largest absolute Gasteiger partial charge is 0.494 e. The molecule has 6 nitrogen and oxygen atoms in total. The summed E-state index contributed by atoms with van der Waals surface area (Å²) in [4.78, 5) is 7.35. The zero-order valence-corrected chi connectivity index (χ0v) is 17.1. The predicted molar refractivity (Wildman–Crippen MR) is 112 cm³/mol. The summed E-state index contributed by atoms with van der Waals surface area (Å²) < 4.78 is 5.98. The average Bonchev–Trinajstić information content (AvgIpc) is 2.71. The van der Waals surface area contributed by atoms with Crippen LogP contribution in [0.4, 0.5) is 5.82 Å². The number of hydrogen-bond acceptors (Lipinski definition) is 6. The number of rotatable bonds is 8. The monoisotopic (exact) mass is 382 g/mol. The van der Waals surface area contributed by atoms with Gasteiger partial charge in [0.1, 0.15) is 12.4 Å². The van der Waals surface area contributed by atoms with Crippen molar-refractivity contribution >= 4 is 12.0 Å². The fourth-order valence-electron chi connectivity index (χ4n) is 3.41. The summed E-state index contributed by atoms with van der Waals surface area (Å²) in [5.41, 5.74) is 3.14. The van der Waals surface area contributed by atoms with E-state index in [1.165, 1.54) is 12.8 Å². The zero-order chi connectivity index (χ0) is 19.8. The quantitative estimate of drug-likeness (QED) is 0.507. The molecule has 0 spiro atoms. The highest BCUT2D eigenvalue weighted by Crippen LogP contribution is 2.24. The molecular weight excluding hydrogens is 352 g/mol. The second-order valence-electron chi connectivity index (χ2n) is 7.27. The predicted octanol–water partition coefficient (Wildman–Crippen LogP) is 4.15. The van der Waals surface area contributed by atoms with Crippen molar-refractivity contribution in [1.82, 2.24) is 10.2 Å². The molecule has 1 aliphatic rings. The van der Waals surface area contributed by atoms with Gasteiger partial charge in [-0.3, -0.25) is 0 Å². The third kappa shape index (κ3) is 5.68. The van der Waals surface area contributed by atoms with E-state index in [4.69, 9.17) is 9.57 Å². The Hall–Kier alpha value is -2.63. The van der Waals surface area contributed by atoms with Gasteiger partial charge in [-0.2, -0.15) is 5.10 Å². The van der Waals surface area contributed by atoms with Crippen LogP contribution < -0.4 is 9.64 Å². The molecule has 1 saturated heterocycles. The van der Waals surface area contributed by atoms with Gasteiger partial charge in [0, 0.05) is 13.1 Å². The van der Waals surface area contributed by atoms with E-state index in [9.17, 15) is 0 Å². The highest BCUT2D eigenvalue weighted by atomic mass is 16.6. The molecular formula is C22H30N4O2. The number of nitrogens with zero attached hydrogens (tertiary/aromatic N) is 4. The molecule has 3 rings (SSSR count). The van der Waals surface area contributed by atoms with E-state index in [1.807, 2.05) is 32.0 Å². The van der Waals surface area contributed by atoms with Crippen LogP contribution in [0.3, 0.4) is 0 Å². The van der Waals surface area contributed by atoms with E-state index < -0.39 is 0 Å². The first-order valence-electron chi connectivity index (χ1n) is 10.1. The van der Waals surface area contributed by atoms with Crippen LogP contribution in [0.25, 0.3) is 0 Å². The number of hydrogen-bond donors (Lipinski definition) is 0. The lowest BCUT2D eigenvalue weighted by molar-refractivity contribution is 0.160. The van der Waals surface area contributed by atoms with E-state index >= 15 is 0 Å². The molecule has 0 atom stereocenters. The van der Waals surface area contributed by atoms with E-state index in [0.29, 0.717) is 12.5 Å². The summed E-state index contributed by atoms with van der Waals surface area (Å²) in [7, 11) is 0. The van der Waals surface area contributed by atoms with Crippen molar-refractivity contribution in [2.75, 3.05) is 31.2 Å². The van der Waals surface area contributed by atoms with Gasteiger partial charge >= 0.3 is 0 Å². The number of aryl methyl sites for hydroxylation is 2. The maximum atomic E-state index is 5.98. The molecule has 2 aromatic rings. The number of oxime groups is 1. The van der Waals surface area contributed by atoms with Crippen molar-refractivity contribution in [2.24, 2.45) is 11.1 Å². The van der Waals surface area contributed by atoms with Crippen LogP contribution in [0.5, 0.6) is 5.75 Å². The third-order valence-corrected chi connectivity index (χ3v) is 5.15. The fourth-order valence-corrected chi connectivity index (χ4v) is 3.41. The first-order chi connectivity index (χ1) is 13.7. The van der Waals surface area contributed by atoms with Gasteiger partial charge in [0.15, 0.2) is 5.82 Å². The fraction of sp³-hybridized carbons (Fsp3) is 0.500. The Morgan fingerprint density at radius 1 is 1.14 bits per heavy atom. The van der Waals surface area contributed by atoms with Crippen LogP contribution in [0.2, 0.25) is 0 Å². The standard InChI is InChI=1S/C22H30N4O2/c1-4-28-23-16-20-6-7-21(15-17(20)2)27-14-11-19-9-12-26(13-10-19)22-8-5-18(3)24-25-22/h5-8,15-16,19H,4,9-14H2,1-3H3. The topological polar surface area (TPSA) is 59.8 Å². The number of piperidine rings is 1. The highest BCUT2D eigenvalue weighted by molar-refractivity contribution is 5.81. The Morgan fingerprint density at radius 3 is 2.64 bits per heavy atom. The van der Waals surface area contributed by atoms with Crippen LogP contribution >= 0.6 is 0 Å². The van der Waals surface area contributed by atoms with E-state index in [1.54, 1.807) is 6.21 Å². The molecule has 0 N–H and O–H groups in total. The molecule has 6 heteroatoms. The second kappa shape index (κ2) is 10.1. The maximum absolute atomic E-state index is 5.98. The van der Waals surface area contributed by atoms with Gasteiger partial charge in [0.2, 0.25) is 0 Å². The highest BCUT2D eigenvalue weighted by Gasteiger charge is 2.20. The lowest BCUT2D eigenvalue weighted by Gasteiger charge is -2.32. The lowest BCUT2D eigenvalue weighted by atomic mass is 9.94. The van der Waals surface area contributed by atoms with Crippen molar-refractivity contribution in [1.29, 1.82) is 0 Å². The summed E-state index contributed by atoms with van der Waals surface area (Å²) in [5, 5.41) is 12.4. The van der Waals surface area contributed by atoms with Crippen LogP contribution in [0.15, 0.2) is 35.5 Å². The summed E-state index contributed by atoms with van der Waals surface area (Å²) in [6.07, 6.45) is 5.17. The number of benzene rings is 1. The first kappa shape index (κ1) is 20.1. The van der Waals surface area contributed by atoms with E-state index in [0.717, 1.165) is 54.5 Å². The Labute approximate surface area is 167 Å². The molecule has 150 valence electrons. The van der Waals surface area contributed by atoms with Crippen molar-refractivity contribution in [3.8, 4) is 5.75 Å². The molecule has 0 unspecified atom stereocenters. The second-order valence-corrected chi connectivity index (χ2v) is 7.27. The van der Waals surface area contributed by atoms with Crippen LogP contribution in [-0.2, 0) is 4.84 Å². The van der Waals surface area contributed by atoms with Crippen molar-refractivity contribution in [3.05, 3.63) is 47.2 Å². The number of ether oxygens (including phenoxy) is 1. The molecule has 1 fully saturated rings. The molecule has 0 amide bonds. The van der Waals surface area contributed by atoms with Gasteiger partial charge in [-0.1, -0.05) is 5.16 Å². The van der Waals surface area contributed by atoms with Crippen molar-refractivity contribution in [3.63, 3.8) is 0 Å². The zero-order valence-electron chi connectivity index (χ0n) is 17.1. The number of aromatic nitrogens is 2. The van der Waals surface area contributed by atoms with E-state index in [-0.39, 0.29) is 0 Å². The van der Waals surface area contributed by atoms with Crippen LogP contribution in [-0.4, -0.2) is 42.7 Å². The molecule has 1 aromatic carbocycles. The summed E-state index contributed by atoms with van der Waals surface area (Å²) >= 11 is 0. The first-order valence-corrected chi connectivity index (χ1v) is 10.1. The third-order valence-electron chi connectivity index (χ3n) is 5.15. The average molecular weight is 383 g/mol. The van der Waals surface area contributed by atoms with E-state index in [2.05, 4.69) is 39.3 Å². The van der Waals surface area contributed by atoms with Gasteiger partial charge in [-0.15, -0.1) is 5.10 Å². The van der Waals surface area contributed by atoms with Gasteiger partial charge in [-0.25, -0.2) is 0 Å². The molecule has 2 heterocycles. The van der Waals surface area contributed by atoms with Crippen molar-refractivity contribution < 1.29 is 9.57 Å². The summed E-state index contributed by atoms with van der Waals surface area (Å²) in [6, 6.07) is 10.2. The molecule has 1 aromatic heterocycles. The van der Waals surface area contributed by atoms with Gasteiger partial charge in [0.05, 0.1) is 18.5 Å². The minimum absolute atomic E-state index is 0.577. The van der Waals surface area contributed by atoms with Crippen LogP contribution in [0.1, 0.15) is 43.0 Å². The normalized spacial score (nSPS) is 15.2. The molecule has 0 bridgehead atoms. The minimum atomic E-state index is 0.577. The Kier molecular flexibility index (Phi) is 7.23. The Bertz CT molecular complexity index is 769. The minimum Gasteiger partial charge on any atom is -0.494 e. The maximum Gasteiger partial charge on any atom is 0.151 e. The smallest absolute Gasteiger partial charge is 0.151 e. The van der Waals surface area contributed by atoms with Gasteiger partial charge < -0.3 is 14.5 Å². The Morgan fingerprint density at radius 2 is 1.96 bits per heavy atom. The Balaban J connectivity index is 1.41. The van der Waals surface area contributed by atoms with Crippen LogP contribution in [0, 0.1) is 19.8 Å².